The fourth-order valence-electron chi connectivity index (χ4n) is 2.82. The van der Waals surface area contributed by atoms with Gasteiger partial charge in [0.15, 0.2) is 0 Å². The van der Waals surface area contributed by atoms with E-state index in [1.807, 2.05) is 60.7 Å². The van der Waals surface area contributed by atoms with Crippen LogP contribution < -0.4 is 16.4 Å². The van der Waals surface area contributed by atoms with Crippen LogP contribution in [0.5, 0.6) is 0 Å². The molecule has 0 fully saturated rings. The maximum absolute atomic E-state index is 12.9. The van der Waals surface area contributed by atoms with E-state index in [2.05, 4.69) is 17.2 Å². The SMILES string of the molecule is C=C(NC(=O)C(C)(C)NC(=O)OC(C)(C)C)S/C(Cc1ccccc1)=C(\N)c1ccccc1. The van der Waals surface area contributed by atoms with Crippen molar-refractivity contribution in [2.45, 2.75) is 52.2 Å². The Hall–Kier alpha value is -3.19. The Balaban J connectivity index is 2.15. The monoisotopic (exact) mass is 467 g/mol. The van der Waals surface area contributed by atoms with Crippen molar-refractivity contribution < 1.29 is 14.3 Å². The fourth-order valence-corrected chi connectivity index (χ4v) is 3.73. The minimum absolute atomic E-state index is 0.406. The first kappa shape index (κ1) is 26.1. The Kier molecular flexibility index (Phi) is 8.76. The standard InChI is InChI=1S/C26H33N3O3S/c1-18(28-23(30)26(5,6)29-24(31)32-25(2,3)4)33-21(17-19-13-9-7-10-14-19)22(27)20-15-11-8-12-16-20/h7-16H,1,17,27H2,2-6H3,(H,28,30)(H,29,31)/b22-21-. The predicted molar refractivity (Wildman–Crippen MR) is 136 cm³/mol. The number of carbonyl (C=O) groups excluding carboxylic acids is 2. The third kappa shape index (κ3) is 8.69. The zero-order chi connectivity index (χ0) is 24.6. The van der Waals surface area contributed by atoms with Gasteiger partial charge in [0.1, 0.15) is 11.1 Å². The van der Waals surface area contributed by atoms with Gasteiger partial charge in [-0.25, -0.2) is 4.79 Å². The van der Waals surface area contributed by atoms with Crippen LogP contribution in [0.15, 0.2) is 77.2 Å². The minimum Gasteiger partial charge on any atom is -0.444 e. The van der Waals surface area contributed by atoms with Gasteiger partial charge in [-0.15, -0.1) is 0 Å². The van der Waals surface area contributed by atoms with E-state index in [1.165, 1.54) is 11.8 Å². The summed E-state index contributed by atoms with van der Waals surface area (Å²) in [5.41, 5.74) is 7.23. The molecule has 0 aliphatic rings. The molecule has 2 rings (SSSR count). The Morgan fingerprint density at radius 2 is 1.52 bits per heavy atom. The molecular formula is C26H33N3O3S. The third-order valence-electron chi connectivity index (χ3n) is 4.47. The van der Waals surface area contributed by atoms with Gasteiger partial charge in [-0.05, 0) is 45.7 Å². The average Bonchev–Trinajstić information content (AvgIpc) is 2.72. The zero-order valence-electron chi connectivity index (χ0n) is 19.9. The number of allylic oxidation sites excluding steroid dienone is 1. The van der Waals surface area contributed by atoms with Gasteiger partial charge in [-0.2, -0.15) is 0 Å². The minimum atomic E-state index is -1.21. The molecule has 0 atom stereocenters. The first-order valence-electron chi connectivity index (χ1n) is 10.6. The van der Waals surface area contributed by atoms with E-state index in [-0.39, 0.29) is 0 Å². The number of nitrogens with two attached hydrogens (primary N) is 1. The topological polar surface area (TPSA) is 93.5 Å². The second-order valence-corrected chi connectivity index (χ2v) is 10.3. The molecule has 2 aromatic carbocycles. The molecule has 2 amide bonds. The van der Waals surface area contributed by atoms with Crippen LogP contribution in [0.25, 0.3) is 5.70 Å². The van der Waals surface area contributed by atoms with E-state index in [1.54, 1.807) is 34.6 Å². The number of nitrogens with one attached hydrogen (secondary N) is 2. The lowest BCUT2D eigenvalue weighted by atomic mass is 10.1. The molecule has 0 bridgehead atoms. The summed E-state index contributed by atoms with van der Waals surface area (Å²) in [5, 5.41) is 5.79. The molecule has 33 heavy (non-hydrogen) atoms. The highest BCUT2D eigenvalue weighted by Crippen LogP contribution is 2.31. The second kappa shape index (κ2) is 11.1. The molecular weight excluding hydrogens is 434 g/mol. The first-order chi connectivity index (χ1) is 15.4. The lowest BCUT2D eigenvalue weighted by Crippen LogP contribution is -2.55. The van der Waals surface area contributed by atoms with E-state index >= 15 is 0 Å². The summed E-state index contributed by atoms with van der Waals surface area (Å²) < 4.78 is 5.26. The molecule has 0 heterocycles. The van der Waals surface area contributed by atoms with E-state index in [4.69, 9.17) is 10.5 Å². The van der Waals surface area contributed by atoms with Gasteiger partial charge in [-0.1, -0.05) is 79.0 Å². The number of alkyl carbamates (subject to hydrolysis) is 1. The predicted octanol–water partition coefficient (Wildman–Crippen LogP) is 5.18. The van der Waals surface area contributed by atoms with Crippen molar-refractivity contribution in [3.8, 4) is 0 Å². The number of benzene rings is 2. The molecule has 7 heteroatoms. The normalized spacial score (nSPS) is 12.4. The molecule has 0 saturated heterocycles. The highest BCUT2D eigenvalue weighted by atomic mass is 32.2. The number of ether oxygens (including phenoxy) is 1. The molecule has 176 valence electrons. The van der Waals surface area contributed by atoms with Crippen LogP contribution in [-0.2, 0) is 16.0 Å². The van der Waals surface area contributed by atoms with Crippen LogP contribution in [0.2, 0.25) is 0 Å². The van der Waals surface area contributed by atoms with E-state index in [0.717, 1.165) is 16.0 Å². The zero-order valence-corrected chi connectivity index (χ0v) is 20.7. The molecule has 0 aliphatic heterocycles. The molecule has 0 radical (unpaired) electrons. The Morgan fingerprint density at radius 3 is 2.06 bits per heavy atom. The molecule has 4 N–H and O–H groups in total. The first-order valence-corrected chi connectivity index (χ1v) is 11.5. The van der Waals surface area contributed by atoms with Gasteiger partial charge in [0.05, 0.1) is 5.03 Å². The maximum Gasteiger partial charge on any atom is 0.408 e. The molecule has 2 aromatic rings. The number of carbonyl (C=O) groups is 2. The Bertz CT molecular complexity index is 1010. The number of amides is 2. The van der Waals surface area contributed by atoms with Gasteiger partial charge in [0.2, 0.25) is 5.91 Å². The molecule has 0 aliphatic carbocycles. The van der Waals surface area contributed by atoms with Crippen molar-refractivity contribution in [2.24, 2.45) is 5.73 Å². The van der Waals surface area contributed by atoms with Crippen LogP contribution in [-0.4, -0.2) is 23.1 Å². The van der Waals surface area contributed by atoms with Gasteiger partial charge < -0.3 is 21.1 Å². The summed E-state index contributed by atoms with van der Waals surface area (Å²) in [6.07, 6.45) is -0.0837. The van der Waals surface area contributed by atoms with Gasteiger partial charge >= 0.3 is 6.09 Å². The lowest BCUT2D eigenvalue weighted by molar-refractivity contribution is -0.125. The fraction of sp³-hybridized carbons (Fsp3) is 0.308. The average molecular weight is 468 g/mol. The van der Waals surface area contributed by atoms with E-state index in [0.29, 0.717) is 17.1 Å². The summed E-state index contributed by atoms with van der Waals surface area (Å²) in [4.78, 5) is 25.8. The van der Waals surface area contributed by atoms with Crippen LogP contribution in [0, 0.1) is 0 Å². The van der Waals surface area contributed by atoms with E-state index in [9.17, 15) is 9.59 Å². The van der Waals surface area contributed by atoms with E-state index < -0.39 is 23.1 Å². The van der Waals surface area contributed by atoms with Crippen molar-refractivity contribution in [1.29, 1.82) is 0 Å². The largest absolute Gasteiger partial charge is 0.444 e. The summed E-state index contributed by atoms with van der Waals surface area (Å²) in [5.74, 6) is -0.414. The van der Waals surface area contributed by atoms with Crippen LogP contribution in [0.4, 0.5) is 4.79 Å². The number of hydrogen-bond donors (Lipinski definition) is 3. The summed E-state index contributed by atoms with van der Waals surface area (Å²) in [6.45, 7) is 12.5. The Morgan fingerprint density at radius 1 is 0.970 bits per heavy atom. The van der Waals surface area contributed by atoms with Crippen LogP contribution in [0.3, 0.4) is 0 Å². The highest BCUT2D eigenvalue weighted by molar-refractivity contribution is 8.06. The second-order valence-electron chi connectivity index (χ2n) is 9.10. The summed E-state index contributed by atoms with van der Waals surface area (Å²) >= 11 is 1.30. The van der Waals surface area contributed by atoms with Crippen LogP contribution >= 0.6 is 11.8 Å². The van der Waals surface area contributed by atoms with Crippen molar-refractivity contribution in [3.63, 3.8) is 0 Å². The molecule has 0 unspecified atom stereocenters. The van der Waals surface area contributed by atoms with Crippen molar-refractivity contribution >= 4 is 29.5 Å². The van der Waals surface area contributed by atoms with Crippen molar-refractivity contribution in [2.75, 3.05) is 0 Å². The van der Waals surface area contributed by atoms with Crippen LogP contribution in [0.1, 0.15) is 45.7 Å². The molecule has 0 saturated carbocycles. The van der Waals surface area contributed by atoms with Crippen molar-refractivity contribution in [3.05, 3.63) is 88.3 Å². The van der Waals surface area contributed by atoms with Gasteiger partial charge in [0, 0.05) is 17.0 Å². The molecule has 0 spiro atoms. The smallest absolute Gasteiger partial charge is 0.408 e. The summed E-state index contributed by atoms with van der Waals surface area (Å²) in [6, 6.07) is 19.6. The number of thioether (sulfide) groups is 1. The number of rotatable bonds is 8. The van der Waals surface area contributed by atoms with Gasteiger partial charge in [-0.3, -0.25) is 4.79 Å². The number of hydrogen-bond acceptors (Lipinski definition) is 5. The molecule has 0 aromatic heterocycles. The highest BCUT2D eigenvalue weighted by Gasteiger charge is 2.32. The maximum atomic E-state index is 12.9. The van der Waals surface area contributed by atoms with Gasteiger partial charge in [0.25, 0.3) is 0 Å². The quantitative estimate of drug-likeness (QED) is 0.497. The van der Waals surface area contributed by atoms with Crippen molar-refractivity contribution in [1.82, 2.24) is 10.6 Å². The Labute approximate surface area is 200 Å². The third-order valence-corrected chi connectivity index (χ3v) is 5.43. The lowest BCUT2D eigenvalue weighted by Gasteiger charge is -2.28. The molecule has 6 nitrogen and oxygen atoms in total. The summed E-state index contributed by atoms with van der Waals surface area (Å²) in [7, 11) is 0.